The van der Waals surface area contributed by atoms with Crippen molar-refractivity contribution in [2.45, 2.75) is 13.3 Å². The van der Waals surface area contributed by atoms with Crippen LogP contribution in [0.5, 0.6) is 0 Å². The molecule has 0 amide bonds. The first-order chi connectivity index (χ1) is 12.0. The molecular weight excluding hydrogens is 318 g/mol. The molecule has 0 radical (unpaired) electrons. The van der Waals surface area contributed by atoms with Gasteiger partial charge in [-0.3, -0.25) is 9.59 Å². The van der Waals surface area contributed by atoms with Gasteiger partial charge in [0.1, 0.15) is 0 Å². The summed E-state index contributed by atoms with van der Waals surface area (Å²) in [5, 5.41) is 3.01. The van der Waals surface area contributed by atoms with Gasteiger partial charge >= 0.3 is 0 Å². The smallest absolute Gasteiger partial charge is 0.231 e. The minimum absolute atomic E-state index is 0.0118. The standard InChI is InChI=1S/C19H21N3O3/c1-4-12-5-7-13(8-6-12)19-21-16-17(24)14(20-9-10-22(2)3)11-15(23)18(16)25-19/h5-8,11,20H,4,9-10H2,1-3H3. The highest BCUT2D eigenvalue weighted by molar-refractivity contribution is 6.22. The van der Waals surface area contributed by atoms with Crippen LogP contribution in [0.3, 0.4) is 0 Å². The van der Waals surface area contributed by atoms with E-state index in [9.17, 15) is 9.59 Å². The van der Waals surface area contributed by atoms with Crippen LogP contribution in [0.2, 0.25) is 0 Å². The van der Waals surface area contributed by atoms with Gasteiger partial charge in [-0.1, -0.05) is 19.1 Å². The summed E-state index contributed by atoms with van der Waals surface area (Å²) >= 11 is 0. The predicted octanol–water partition coefficient (Wildman–Crippen LogP) is 2.32. The minimum Gasteiger partial charge on any atom is -0.432 e. The average Bonchev–Trinajstić information content (AvgIpc) is 3.05. The molecule has 1 N–H and O–H groups in total. The summed E-state index contributed by atoms with van der Waals surface area (Å²) in [6.07, 6.45) is 2.22. The third-order valence-electron chi connectivity index (χ3n) is 4.07. The molecule has 0 fully saturated rings. The first-order valence-electron chi connectivity index (χ1n) is 8.29. The van der Waals surface area contributed by atoms with E-state index in [0.29, 0.717) is 6.54 Å². The number of benzene rings is 1. The monoisotopic (exact) mass is 339 g/mol. The van der Waals surface area contributed by atoms with Gasteiger partial charge in [-0.25, -0.2) is 4.98 Å². The van der Waals surface area contributed by atoms with E-state index in [2.05, 4.69) is 17.2 Å². The second-order valence-electron chi connectivity index (χ2n) is 6.23. The van der Waals surface area contributed by atoms with Crippen molar-refractivity contribution in [3.63, 3.8) is 0 Å². The Morgan fingerprint density at radius 3 is 2.52 bits per heavy atom. The molecule has 1 aromatic carbocycles. The topological polar surface area (TPSA) is 75.4 Å². The van der Waals surface area contributed by atoms with Gasteiger partial charge in [-0.05, 0) is 38.2 Å². The van der Waals surface area contributed by atoms with Crippen LogP contribution < -0.4 is 5.32 Å². The minimum atomic E-state index is -0.342. The molecule has 0 atom stereocenters. The van der Waals surface area contributed by atoms with E-state index in [1.54, 1.807) is 0 Å². The zero-order chi connectivity index (χ0) is 18.0. The Morgan fingerprint density at radius 1 is 1.16 bits per heavy atom. The number of nitrogens with one attached hydrogen (secondary N) is 1. The molecule has 3 rings (SSSR count). The summed E-state index contributed by atoms with van der Waals surface area (Å²) in [6.45, 7) is 3.39. The van der Waals surface area contributed by atoms with Crippen LogP contribution in [-0.2, 0) is 6.42 Å². The van der Waals surface area contributed by atoms with Gasteiger partial charge in [0.25, 0.3) is 0 Å². The van der Waals surface area contributed by atoms with Crippen LogP contribution in [0.4, 0.5) is 0 Å². The van der Waals surface area contributed by atoms with Gasteiger partial charge in [-0.2, -0.15) is 0 Å². The number of ketones is 2. The van der Waals surface area contributed by atoms with E-state index >= 15 is 0 Å². The van der Waals surface area contributed by atoms with Crippen molar-refractivity contribution in [3.8, 4) is 11.5 Å². The van der Waals surface area contributed by atoms with E-state index in [4.69, 9.17) is 4.42 Å². The first-order valence-corrected chi connectivity index (χ1v) is 8.29. The van der Waals surface area contributed by atoms with E-state index in [-0.39, 0.29) is 34.6 Å². The van der Waals surface area contributed by atoms with Crippen LogP contribution in [-0.4, -0.2) is 48.6 Å². The number of allylic oxidation sites excluding steroid dienone is 2. The van der Waals surface area contributed by atoms with Crippen LogP contribution in [0.15, 0.2) is 40.5 Å². The molecule has 0 aliphatic heterocycles. The third kappa shape index (κ3) is 3.53. The van der Waals surface area contributed by atoms with Crippen molar-refractivity contribution in [2.75, 3.05) is 27.2 Å². The summed E-state index contributed by atoms with van der Waals surface area (Å²) in [4.78, 5) is 31.1. The fraction of sp³-hybridized carbons (Fsp3) is 0.316. The summed E-state index contributed by atoms with van der Waals surface area (Å²) in [5.41, 5.74) is 2.28. The van der Waals surface area contributed by atoms with Crippen molar-refractivity contribution in [2.24, 2.45) is 0 Å². The molecule has 0 saturated carbocycles. The van der Waals surface area contributed by atoms with Crippen LogP contribution >= 0.6 is 0 Å². The summed E-state index contributed by atoms with van der Waals surface area (Å²) < 4.78 is 5.58. The number of likely N-dealkylation sites (N-methyl/N-ethyl adjacent to an activating group) is 1. The second-order valence-corrected chi connectivity index (χ2v) is 6.23. The molecule has 0 saturated heterocycles. The van der Waals surface area contributed by atoms with Crippen molar-refractivity contribution in [3.05, 3.63) is 53.1 Å². The van der Waals surface area contributed by atoms with E-state index in [1.165, 1.54) is 11.6 Å². The van der Waals surface area contributed by atoms with E-state index in [0.717, 1.165) is 18.5 Å². The molecule has 6 nitrogen and oxygen atoms in total. The van der Waals surface area contributed by atoms with Gasteiger partial charge in [0.15, 0.2) is 5.69 Å². The van der Waals surface area contributed by atoms with Crippen molar-refractivity contribution >= 4 is 11.6 Å². The third-order valence-corrected chi connectivity index (χ3v) is 4.07. The SMILES string of the molecule is CCc1ccc(-c2nc3c(o2)C(=O)C=C(NCCN(C)C)C3=O)cc1. The molecule has 0 spiro atoms. The van der Waals surface area contributed by atoms with E-state index < -0.39 is 0 Å². The van der Waals surface area contributed by atoms with Gasteiger partial charge in [0, 0.05) is 24.7 Å². The van der Waals surface area contributed by atoms with Gasteiger partial charge in [0.05, 0.1) is 5.70 Å². The number of hydrogen-bond acceptors (Lipinski definition) is 6. The Hall–Kier alpha value is -2.73. The molecule has 6 heteroatoms. The normalized spacial score (nSPS) is 13.8. The predicted molar refractivity (Wildman–Crippen MR) is 94.6 cm³/mol. The Labute approximate surface area is 146 Å². The lowest BCUT2D eigenvalue weighted by Crippen LogP contribution is -2.31. The van der Waals surface area contributed by atoms with Gasteiger partial charge in [0.2, 0.25) is 23.2 Å². The number of fused-ring (bicyclic) bond motifs is 1. The lowest BCUT2D eigenvalue weighted by Gasteiger charge is -2.14. The van der Waals surface area contributed by atoms with Crippen LogP contribution in [0, 0.1) is 0 Å². The Balaban J connectivity index is 1.84. The molecule has 1 aliphatic carbocycles. The van der Waals surface area contributed by atoms with Crippen molar-refractivity contribution < 1.29 is 14.0 Å². The molecule has 1 aliphatic rings. The number of carbonyl (C=O) groups is 2. The quantitative estimate of drug-likeness (QED) is 0.870. The van der Waals surface area contributed by atoms with Gasteiger partial charge < -0.3 is 14.6 Å². The zero-order valence-corrected chi connectivity index (χ0v) is 14.6. The van der Waals surface area contributed by atoms with Gasteiger partial charge in [-0.15, -0.1) is 0 Å². The fourth-order valence-corrected chi connectivity index (χ4v) is 2.58. The van der Waals surface area contributed by atoms with E-state index in [1.807, 2.05) is 43.3 Å². The first kappa shape index (κ1) is 17.1. The number of aromatic nitrogens is 1. The largest absolute Gasteiger partial charge is 0.432 e. The second kappa shape index (κ2) is 7.03. The number of oxazole rings is 1. The lowest BCUT2D eigenvalue weighted by molar-refractivity contribution is 0.0960. The molecule has 0 unspecified atom stereocenters. The lowest BCUT2D eigenvalue weighted by atomic mass is 10.0. The number of rotatable bonds is 6. The molecular formula is C19H21N3O3. The highest BCUT2D eigenvalue weighted by Gasteiger charge is 2.32. The number of nitrogens with zero attached hydrogens (tertiary/aromatic N) is 2. The van der Waals surface area contributed by atoms with Crippen molar-refractivity contribution in [1.29, 1.82) is 0 Å². The molecule has 1 aromatic heterocycles. The Morgan fingerprint density at radius 2 is 1.88 bits per heavy atom. The number of Topliss-reactive ketones (excluding diaryl/α,β-unsaturated/α-hetero) is 1. The molecule has 0 bridgehead atoms. The van der Waals surface area contributed by atoms with Crippen LogP contribution in [0.25, 0.3) is 11.5 Å². The number of carbonyl (C=O) groups excluding carboxylic acids is 2. The average molecular weight is 339 g/mol. The highest BCUT2D eigenvalue weighted by atomic mass is 16.4. The number of hydrogen-bond donors (Lipinski definition) is 1. The molecule has 25 heavy (non-hydrogen) atoms. The Bertz CT molecular complexity index is 832. The fourth-order valence-electron chi connectivity index (χ4n) is 2.58. The zero-order valence-electron chi connectivity index (χ0n) is 14.6. The summed E-state index contributed by atoms with van der Waals surface area (Å²) in [6, 6.07) is 7.73. The number of aryl methyl sites for hydroxylation is 1. The Kier molecular flexibility index (Phi) is 4.81. The molecule has 130 valence electrons. The maximum atomic E-state index is 12.6. The maximum Gasteiger partial charge on any atom is 0.231 e. The summed E-state index contributed by atoms with van der Waals surface area (Å²) in [5.74, 6) is -0.352. The van der Waals surface area contributed by atoms with Crippen LogP contribution in [0.1, 0.15) is 33.5 Å². The molecule has 1 heterocycles. The van der Waals surface area contributed by atoms with Crippen molar-refractivity contribution in [1.82, 2.24) is 15.2 Å². The molecule has 2 aromatic rings. The maximum absolute atomic E-state index is 12.6. The highest BCUT2D eigenvalue weighted by Crippen LogP contribution is 2.27. The summed E-state index contributed by atoms with van der Waals surface area (Å²) in [7, 11) is 3.88.